The molecule has 7 nitrogen and oxygen atoms in total. The molecule has 0 bridgehead atoms. The number of allylic oxidation sites excluding steroid dienone is 1. The highest BCUT2D eigenvalue weighted by atomic mass is 16.2. The Morgan fingerprint density at radius 3 is 2.33 bits per heavy atom. The number of nitriles is 3. The minimum atomic E-state index is -2.02. The Labute approximate surface area is 121 Å². The highest BCUT2D eigenvalue weighted by Gasteiger charge is 2.37. The zero-order valence-electron chi connectivity index (χ0n) is 11.3. The van der Waals surface area contributed by atoms with E-state index in [1.165, 1.54) is 11.0 Å². The Bertz CT molecular complexity index is 709. The van der Waals surface area contributed by atoms with Gasteiger partial charge in [0.25, 0.3) is 5.41 Å². The number of carbonyl (C=O) groups is 1. The molecule has 0 spiro atoms. The number of nitrogens with zero attached hydrogens (tertiary/aromatic N) is 6. The zero-order valence-corrected chi connectivity index (χ0v) is 11.3. The molecule has 1 saturated heterocycles. The zero-order chi connectivity index (χ0) is 15.6. The van der Waals surface area contributed by atoms with Crippen molar-refractivity contribution in [2.75, 3.05) is 4.90 Å². The van der Waals surface area contributed by atoms with Crippen LogP contribution >= 0.6 is 0 Å². The number of amides is 1. The molecule has 7 heteroatoms. The van der Waals surface area contributed by atoms with Gasteiger partial charge in [-0.3, -0.25) is 9.69 Å². The molecule has 0 unspecified atom stereocenters. The molecule has 1 fully saturated rings. The van der Waals surface area contributed by atoms with E-state index in [1.54, 1.807) is 25.1 Å². The van der Waals surface area contributed by atoms with E-state index >= 15 is 0 Å². The first-order valence-corrected chi connectivity index (χ1v) is 6.08. The van der Waals surface area contributed by atoms with Gasteiger partial charge in [0.2, 0.25) is 11.9 Å². The normalized spacial score (nSPS) is 14.5. The molecule has 0 N–H and O–H groups in total. The van der Waals surface area contributed by atoms with Crippen molar-refractivity contribution in [3.05, 3.63) is 29.7 Å². The van der Waals surface area contributed by atoms with Gasteiger partial charge >= 0.3 is 0 Å². The lowest BCUT2D eigenvalue weighted by Crippen LogP contribution is -2.28. The lowest BCUT2D eigenvalue weighted by atomic mass is 9.89. The minimum Gasteiger partial charge on any atom is -0.274 e. The molecule has 102 valence electrons. The summed E-state index contributed by atoms with van der Waals surface area (Å²) >= 11 is 0. The molecule has 21 heavy (non-hydrogen) atoms. The number of hydrogen-bond donors (Lipinski definition) is 0. The summed E-state index contributed by atoms with van der Waals surface area (Å²) in [6.07, 6.45) is 0.816. The van der Waals surface area contributed by atoms with Crippen LogP contribution in [0, 0.1) is 40.9 Å². The summed E-state index contributed by atoms with van der Waals surface area (Å²) < 4.78 is 0. The average molecular weight is 278 g/mol. The molecule has 2 heterocycles. The molecular formula is C14H10N6O. The molecule has 1 aromatic heterocycles. The van der Waals surface area contributed by atoms with Gasteiger partial charge in [-0.15, -0.1) is 0 Å². The van der Waals surface area contributed by atoms with Gasteiger partial charge in [0, 0.05) is 17.8 Å². The van der Waals surface area contributed by atoms with E-state index in [2.05, 4.69) is 16.5 Å². The van der Waals surface area contributed by atoms with Crippen LogP contribution in [0.3, 0.4) is 0 Å². The van der Waals surface area contributed by atoms with E-state index in [1.807, 2.05) is 0 Å². The van der Waals surface area contributed by atoms with Crippen LogP contribution in [0.25, 0.3) is 0 Å². The van der Waals surface area contributed by atoms with Gasteiger partial charge in [0.1, 0.15) is 18.2 Å². The fourth-order valence-electron chi connectivity index (χ4n) is 2.00. The summed E-state index contributed by atoms with van der Waals surface area (Å²) in [5.41, 5.74) is -1.06. The highest BCUT2D eigenvalue weighted by molar-refractivity contribution is 5.97. The van der Waals surface area contributed by atoms with Crippen molar-refractivity contribution >= 4 is 11.9 Å². The number of anilines is 1. The third kappa shape index (κ3) is 2.20. The van der Waals surface area contributed by atoms with Crippen LogP contribution in [-0.2, 0) is 10.2 Å². The predicted octanol–water partition coefficient (Wildman–Crippen LogP) is 1.23. The maximum absolute atomic E-state index is 11.9. The molecule has 0 aromatic carbocycles. The Morgan fingerprint density at radius 1 is 1.24 bits per heavy atom. The van der Waals surface area contributed by atoms with E-state index < -0.39 is 5.41 Å². The Morgan fingerprint density at radius 2 is 1.86 bits per heavy atom. The van der Waals surface area contributed by atoms with E-state index in [-0.39, 0.29) is 17.5 Å². The molecule has 0 saturated carbocycles. The molecule has 1 aliphatic rings. The molecular weight excluding hydrogens is 268 g/mol. The molecule has 1 amide bonds. The van der Waals surface area contributed by atoms with Gasteiger partial charge in [-0.2, -0.15) is 15.8 Å². The Kier molecular flexibility index (Phi) is 3.40. The topological polar surface area (TPSA) is 117 Å². The van der Waals surface area contributed by atoms with Crippen LogP contribution in [0.4, 0.5) is 5.95 Å². The van der Waals surface area contributed by atoms with Gasteiger partial charge in [0.05, 0.1) is 5.69 Å². The first-order valence-electron chi connectivity index (χ1n) is 6.08. The number of rotatable bonds is 2. The van der Waals surface area contributed by atoms with Crippen LogP contribution in [0.2, 0.25) is 0 Å². The van der Waals surface area contributed by atoms with Gasteiger partial charge in [0.15, 0.2) is 0 Å². The molecule has 0 atom stereocenters. The Hall–Kier alpha value is -3.24. The van der Waals surface area contributed by atoms with Crippen molar-refractivity contribution in [2.45, 2.75) is 25.2 Å². The first-order chi connectivity index (χ1) is 9.97. The van der Waals surface area contributed by atoms with Crippen LogP contribution in [0.15, 0.2) is 18.3 Å². The maximum Gasteiger partial charge on any atom is 0.270 e. The highest BCUT2D eigenvalue weighted by Crippen LogP contribution is 2.28. The fraction of sp³-hybridized carbons (Fsp3) is 0.286. The molecule has 1 aromatic rings. The van der Waals surface area contributed by atoms with E-state index in [9.17, 15) is 4.79 Å². The first kappa shape index (κ1) is 14.2. The largest absolute Gasteiger partial charge is 0.274 e. The van der Waals surface area contributed by atoms with Crippen molar-refractivity contribution in [1.82, 2.24) is 9.97 Å². The van der Waals surface area contributed by atoms with E-state index in [0.29, 0.717) is 24.2 Å². The summed E-state index contributed by atoms with van der Waals surface area (Å²) in [5.74, 6) is -0.157. The van der Waals surface area contributed by atoms with Gasteiger partial charge in [-0.1, -0.05) is 6.58 Å². The number of carbonyl (C=O) groups excluding carboxylic acids is 1. The smallest absolute Gasteiger partial charge is 0.270 e. The SMILES string of the molecule is C=C1CCC(=O)N1c1nc(C)cc(C(C#N)(C#N)C#N)n1. The number of hydrogen-bond acceptors (Lipinski definition) is 6. The third-order valence-corrected chi connectivity index (χ3v) is 3.12. The molecule has 0 aliphatic carbocycles. The molecule has 0 radical (unpaired) electrons. The lowest BCUT2D eigenvalue weighted by Gasteiger charge is -2.18. The van der Waals surface area contributed by atoms with Gasteiger partial charge < -0.3 is 0 Å². The van der Waals surface area contributed by atoms with Crippen molar-refractivity contribution in [3.63, 3.8) is 0 Å². The predicted molar refractivity (Wildman–Crippen MR) is 71.1 cm³/mol. The molecule has 1 aliphatic heterocycles. The average Bonchev–Trinajstić information content (AvgIpc) is 2.80. The standard InChI is InChI=1S/C14H10N6O/c1-9-5-11(14(6-15,7-16)8-17)19-13(18-9)20-10(2)3-4-12(20)21/h5H,2-4H2,1H3. The van der Waals surface area contributed by atoms with Gasteiger partial charge in [-0.25, -0.2) is 9.97 Å². The summed E-state index contributed by atoms with van der Waals surface area (Å²) in [7, 11) is 0. The van der Waals surface area contributed by atoms with Crippen LogP contribution < -0.4 is 4.90 Å². The summed E-state index contributed by atoms with van der Waals surface area (Å²) in [5, 5.41) is 27.4. The van der Waals surface area contributed by atoms with E-state index in [4.69, 9.17) is 15.8 Å². The number of aryl methyl sites for hydroxylation is 1. The fourth-order valence-corrected chi connectivity index (χ4v) is 2.00. The second kappa shape index (κ2) is 5.03. The second-order valence-electron chi connectivity index (χ2n) is 4.58. The summed E-state index contributed by atoms with van der Waals surface area (Å²) in [4.78, 5) is 21.3. The molecule has 2 rings (SSSR count). The summed E-state index contributed by atoms with van der Waals surface area (Å²) in [6.45, 7) is 5.41. The third-order valence-electron chi connectivity index (χ3n) is 3.12. The van der Waals surface area contributed by atoms with Crippen LogP contribution in [-0.4, -0.2) is 15.9 Å². The van der Waals surface area contributed by atoms with Crippen molar-refractivity contribution in [1.29, 1.82) is 15.8 Å². The van der Waals surface area contributed by atoms with Crippen LogP contribution in [0.5, 0.6) is 0 Å². The number of aromatic nitrogens is 2. The monoisotopic (exact) mass is 278 g/mol. The lowest BCUT2D eigenvalue weighted by molar-refractivity contribution is -0.117. The van der Waals surface area contributed by atoms with Gasteiger partial charge in [-0.05, 0) is 19.4 Å². The van der Waals surface area contributed by atoms with E-state index in [0.717, 1.165) is 0 Å². The quantitative estimate of drug-likeness (QED) is 0.802. The second-order valence-corrected chi connectivity index (χ2v) is 4.58. The van der Waals surface area contributed by atoms with Crippen LogP contribution in [0.1, 0.15) is 24.2 Å². The maximum atomic E-state index is 11.9. The Balaban J connectivity index is 2.62. The van der Waals surface area contributed by atoms with Crippen molar-refractivity contribution < 1.29 is 4.79 Å². The summed E-state index contributed by atoms with van der Waals surface area (Å²) in [6, 6.07) is 6.37. The van der Waals surface area contributed by atoms with Crippen molar-refractivity contribution in [2.24, 2.45) is 0 Å². The minimum absolute atomic E-state index is 0.0370. The van der Waals surface area contributed by atoms with Crippen molar-refractivity contribution in [3.8, 4) is 18.2 Å².